The van der Waals surface area contributed by atoms with Gasteiger partial charge in [0.2, 0.25) is 5.82 Å². The third-order valence-corrected chi connectivity index (χ3v) is 4.81. The van der Waals surface area contributed by atoms with Gasteiger partial charge in [0.1, 0.15) is 11.5 Å². The molecule has 0 saturated carbocycles. The van der Waals surface area contributed by atoms with Gasteiger partial charge in [0.25, 0.3) is 0 Å². The van der Waals surface area contributed by atoms with Crippen molar-refractivity contribution in [3.05, 3.63) is 33.7 Å². The van der Waals surface area contributed by atoms with Crippen LogP contribution in [0.25, 0.3) is 16.7 Å². The molecule has 2 aromatic heterocycles. The SMILES string of the molecule is Nc1c2c(C(F)(F)F)nc(C(F)(F)F)nc2nn1-c1c(Cl)cc(SC(F)(F)F)cc1Cl. The maximum absolute atomic E-state index is 13.3. The van der Waals surface area contributed by atoms with Crippen LogP contribution in [0.1, 0.15) is 11.5 Å². The molecule has 2 heterocycles. The van der Waals surface area contributed by atoms with Crippen molar-refractivity contribution in [1.29, 1.82) is 0 Å². The van der Waals surface area contributed by atoms with E-state index in [1.807, 2.05) is 0 Å². The zero-order chi connectivity index (χ0) is 23.5. The highest BCUT2D eigenvalue weighted by atomic mass is 35.5. The molecule has 1 aromatic carbocycles. The van der Waals surface area contributed by atoms with Crippen molar-refractivity contribution in [3.63, 3.8) is 0 Å². The number of aromatic nitrogens is 4. The molecule has 31 heavy (non-hydrogen) atoms. The maximum atomic E-state index is 13.3. The number of nitrogen functional groups attached to an aromatic ring is 1. The van der Waals surface area contributed by atoms with Gasteiger partial charge in [-0.15, -0.1) is 5.10 Å². The Kier molecular flexibility index (Phi) is 5.68. The normalized spacial score (nSPS) is 13.3. The van der Waals surface area contributed by atoms with Gasteiger partial charge in [-0.3, -0.25) is 0 Å². The molecule has 2 N–H and O–H groups in total. The molecule has 0 bridgehead atoms. The van der Waals surface area contributed by atoms with Crippen LogP contribution < -0.4 is 5.73 Å². The summed E-state index contributed by atoms with van der Waals surface area (Å²) >= 11 is 11.2. The number of halogens is 11. The molecule has 0 atom stereocenters. The molecule has 0 aliphatic rings. The van der Waals surface area contributed by atoms with E-state index in [2.05, 4.69) is 15.1 Å². The molecule has 168 valence electrons. The quantitative estimate of drug-likeness (QED) is 0.318. The number of hydrogen-bond acceptors (Lipinski definition) is 5. The van der Waals surface area contributed by atoms with Crippen molar-refractivity contribution in [3.8, 4) is 5.69 Å². The van der Waals surface area contributed by atoms with E-state index in [4.69, 9.17) is 28.9 Å². The zero-order valence-electron chi connectivity index (χ0n) is 14.1. The van der Waals surface area contributed by atoms with Gasteiger partial charge in [0, 0.05) is 4.90 Å². The number of benzene rings is 1. The molecular weight excluding hydrogens is 512 g/mol. The molecule has 17 heteroatoms. The lowest BCUT2D eigenvalue weighted by molar-refractivity contribution is -0.151. The minimum atomic E-state index is -5.37. The Bertz CT molecular complexity index is 1150. The average Bonchev–Trinajstić information content (AvgIpc) is 2.87. The van der Waals surface area contributed by atoms with E-state index >= 15 is 0 Å². The van der Waals surface area contributed by atoms with Crippen molar-refractivity contribution in [2.45, 2.75) is 22.8 Å². The van der Waals surface area contributed by atoms with Crippen molar-refractivity contribution in [2.75, 3.05) is 5.73 Å². The molecule has 3 rings (SSSR count). The van der Waals surface area contributed by atoms with E-state index in [9.17, 15) is 39.5 Å². The van der Waals surface area contributed by atoms with E-state index < -0.39 is 78.6 Å². The first-order valence-electron chi connectivity index (χ1n) is 7.45. The van der Waals surface area contributed by atoms with Crippen molar-refractivity contribution in [1.82, 2.24) is 19.7 Å². The Morgan fingerprint density at radius 3 is 1.87 bits per heavy atom. The second-order valence-electron chi connectivity index (χ2n) is 5.67. The first kappa shape index (κ1) is 23.5. The van der Waals surface area contributed by atoms with Crippen LogP contribution in [0.4, 0.5) is 45.3 Å². The van der Waals surface area contributed by atoms with Crippen LogP contribution in [0.3, 0.4) is 0 Å². The fourth-order valence-corrected chi connectivity index (χ4v) is 3.85. The summed E-state index contributed by atoms with van der Waals surface area (Å²) in [6.07, 6.45) is -10.7. The van der Waals surface area contributed by atoms with Gasteiger partial charge in [-0.25, -0.2) is 14.6 Å². The van der Waals surface area contributed by atoms with Gasteiger partial charge in [-0.1, -0.05) is 23.2 Å². The summed E-state index contributed by atoms with van der Waals surface area (Å²) in [7, 11) is 0. The van der Waals surface area contributed by atoms with Crippen LogP contribution in [0.15, 0.2) is 17.0 Å². The van der Waals surface area contributed by atoms with Gasteiger partial charge in [0.05, 0.1) is 15.4 Å². The van der Waals surface area contributed by atoms with Gasteiger partial charge < -0.3 is 5.73 Å². The fourth-order valence-electron chi connectivity index (χ4n) is 2.45. The molecule has 5 nitrogen and oxygen atoms in total. The van der Waals surface area contributed by atoms with E-state index in [0.717, 1.165) is 12.1 Å². The van der Waals surface area contributed by atoms with Crippen LogP contribution in [0.2, 0.25) is 10.0 Å². The van der Waals surface area contributed by atoms with Crippen molar-refractivity contribution < 1.29 is 39.5 Å². The fraction of sp³-hybridized carbons (Fsp3) is 0.214. The summed E-state index contributed by atoms with van der Waals surface area (Å²) in [5, 5.41) is 1.40. The molecular formula is C14H4Cl2F9N5S. The number of nitrogens with two attached hydrogens (primary N) is 1. The van der Waals surface area contributed by atoms with Crippen LogP contribution >= 0.6 is 35.0 Å². The molecule has 0 aliphatic carbocycles. The van der Waals surface area contributed by atoms with E-state index in [-0.39, 0.29) is 0 Å². The number of fused-ring (bicyclic) bond motifs is 1. The van der Waals surface area contributed by atoms with Crippen LogP contribution in [-0.4, -0.2) is 25.3 Å². The minimum Gasteiger partial charge on any atom is -0.383 e. The summed E-state index contributed by atoms with van der Waals surface area (Å²) in [6.45, 7) is 0. The standard InChI is InChI=1S/C14H4Cl2F9N5S/c15-4-1-3(31-14(23,24)25)2-5(16)7(4)30-9(26)6-8(12(17,18)19)27-11(13(20,21)22)28-10(6)29-30/h1-2H,26H2. The highest BCUT2D eigenvalue weighted by molar-refractivity contribution is 8.00. The molecule has 0 amide bonds. The van der Waals surface area contributed by atoms with Crippen LogP contribution in [0, 0.1) is 0 Å². The molecule has 0 radical (unpaired) electrons. The van der Waals surface area contributed by atoms with Gasteiger partial charge in [-0.2, -0.15) is 39.5 Å². The number of anilines is 1. The van der Waals surface area contributed by atoms with Crippen LogP contribution in [-0.2, 0) is 12.4 Å². The lowest BCUT2D eigenvalue weighted by atomic mass is 10.2. The molecule has 0 fully saturated rings. The largest absolute Gasteiger partial charge is 0.451 e. The summed E-state index contributed by atoms with van der Waals surface area (Å²) in [5.41, 5.74) is -2.60. The van der Waals surface area contributed by atoms with Crippen molar-refractivity contribution in [2.24, 2.45) is 0 Å². The number of alkyl halides is 9. The lowest BCUT2D eigenvalue weighted by Gasteiger charge is -2.12. The average molecular weight is 516 g/mol. The number of thioether (sulfide) groups is 1. The predicted octanol–water partition coefficient (Wildman–Crippen LogP) is 6.35. The zero-order valence-corrected chi connectivity index (χ0v) is 16.4. The molecule has 0 aliphatic heterocycles. The Hall–Kier alpha value is -2.13. The second-order valence-corrected chi connectivity index (χ2v) is 7.62. The Balaban J connectivity index is 2.29. The first-order valence-corrected chi connectivity index (χ1v) is 9.02. The van der Waals surface area contributed by atoms with Gasteiger partial charge in [0.15, 0.2) is 11.3 Å². The third-order valence-electron chi connectivity index (χ3n) is 3.53. The molecule has 0 spiro atoms. The third kappa shape index (κ3) is 4.72. The summed E-state index contributed by atoms with van der Waals surface area (Å²) in [6, 6.07) is 1.56. The summed E-state index contributed by atoms with van der Waals surface area (Å²) in [4.78, 5) is 5.03. The summed E-state index contributed by atoms with van der Waals surface area (Å²) < 4.78 is 117. The van der Waals surface area contributed by atoms with E-state index in [0.29, 0.717) is 4.68 Å². The molecule has 0 unspecified atom stereocenters. The van der Waals surface area contributed by atoms with Crippen molar-refractivity contribution >= 4 is 51.8 Å². The predicted molar refractivity (Wildman–Crippen MR) is 93.0 cm³/mol. The Labute approximate surface area is 179 Å². The smallest absolute Gasteiger partial charge is 0.383 e. The number of nitrogens with zero attached hydrogens (tertiary/aromatic N) is 4. The highest BCUT2D eigenvalue weighted by Gasteiger charge is 2.43. The van der Waals surface area contributed by atoms with E-state index in [1.165, 1.54) is 0 Å². The van der Waals surface area contributed by atoms with E-state index in [1.54, 1.807) is 0 Å². The Morgan fingerprint density at radius 2 is 1.42 bits per heavy atom. The van der Waals surface area contributed by atoms with Gasteiger partial charge in [-0.05, 0) is 23.9 Å². The molecule has 0 saturated heterocycles. The first-order chi connectivity index (χ1) is 14.0. The second kappa shape index (κ2) is 7.48. The number of rotatable bonds is 2. The topological polar surface area (TPSA) is 69.6 Å². The molecule has 3 aromatic rings. The van der Waals surface area contributed by atoms with Crippen LogP contribution in [0.5, 0.6) is 0 Å². The summed E-state index contributed by atoms with van der Waals surface area (Å²) in [5.74, 6) is -3.00. The minimum absolute atomic E-state index is 0.446. The Morgan fingerprint density at radius 1 is 0.871 bits per heavy atom. The maximum Gasteiger partial charge on any atom is 0.451 e. The van der Waals surface area contributed by atoms with Gasteiger partial charge >= 0.3 is 17.9 Å². The highest BCUT2D eigenvalue weighted by Crippen LogP contribution is 2.43. The monoisotopic (exact) mass is 515 g/mol. The lowest BCUT2D eigenvalue weighted by Crippen LogP contribution is -2.17. The number of hydrogen-bond donors (Lipinski definition) is 1.